The first-order valence-corrected chi connectivity index (χ1v) is 6.75. The molecular weight excluding hydrogens is 262 g/mol. The first-order chi connectivity index (χ1) is 10.3. The fourth-order valence-electron chi connectivity index (χ4n) is 2.06. The Balaban J connectivity index is 1.68. The molecule has 21 heavy (non-hydrogen) atoms. The number of aromatic nitrogens is 2. The lowest BCUT2D eigenvalue weighted by atomic mass is 10.2. The molecule has 0 spiro atoms. The number of nitrogens with one attached hydrogen (secondary N) is 1. The van der Waals surface area contributed by atoms with Crippen molar-refractivity contribution >= 4 is 11.6 Å². The van der Waals surface area contributed by atoms with E-state index < -0.39 is 0 Å². The number of hydrogen-bond acceptors (Lipinski definition) is 2. The summed E-state index contributed by atoms with van der Waals surface area (Å²) in [6.07, 6.45) is 1.81. The molecule has 1 N–H and O–H groups in total. The fourth-order valence-corrected chi connectivity index (χ4v) is 2.06. The molecule has 1 amide bonds. The SMILES string of the molecule is O=C(Nc1ccccc1)c1ccn(Cc2ccccc2)n1. The molecule has 0 aliphatic rings. The number of hydrogen-bond donors (Lipinski definition) is 1. The van der Waals surface area contributed by atoms with Crippen LogP contribution in [0, 0.1) is 0 Å². The second kappa shape index (κ2) is 6.05. The van der Waals surface area contributed by atoms with Gasteiger partial charge in [-0.2, -0.15) is 5.10 Å². The molecule has 4 nitrogen and oxygen atoms in total. The maximum Gasteiger partial charge on any atom is 0.276 e. The number of benzene rings is 2. The zero-order chi connectivity index (χ0) is 14.5. The molecular formula is C17H15N3O. The molecule has 2 aromatic carbocycles. The quantitative estimate of drug-likeness (QED) is 0.796. The summed E-state index contributed by atoms with van der Waals surface area (Å²) in [7, 11) is 0. The van der Waals surface area contributed by atoms with Gasteiger partial charge in [-0.05, 0) is 23.8 Å². The maximum atomic E-state index is 12.1. The molecule has 3 aromatic rings. The molecule has 0 saturated heterocycles. The monoisotopic (exact) mass is 277 g/mol. The molecule has 0 saturated carbocycles. The zero-order valence-electron chi connectivity index (χ0n) is 11.4. The highest BCUT2D eigenvalue weighted by Gasteiger charge is 2.09. The van der Waals surface area contributed by atoms with Gasteiger partial charge in [0.15, 0.2) is 5.69 Å². The summed E-state index contributed by atoms with van der Waals surface area (Å²) in [5.41, 5.74) is 2.32. The van der Waals surface area contributed by atoms with Crippen LogP contribution >= 0.6 is 0 Å². The van der Waals surface area contributed by atoms with E-state index in [1.165, 1.54) is 0 Å². The van der Waals surface area contributed by atoms with Crippen molar-refractivity contribution in [1.29, 1.82) is 0 Å². The number of carbonyl (C=O) groups is 1. The second-order valence-electron chi connectivity index (χ2n) is 4.70. The van der Waals surface area contributed by atoms with Crippen molar-refractivity contribution in [3.8, 4) is 0 Å². The van der Waals surface area contributed by atoms with Crippen LogP contribution in [-0.4, -0.2) is 15.7 Å². The summed E-state index contributed by atoms with van der Waals surface area (Å²) < 4.78 is 1.76. The molecule has 4 heteroatoms. The zero-order valence-corrected chi connectivity index (χ0v) is 11.4. The highest BCUT2D eigenvalue weighted by atomic mass is 16.1. The molecule has 0 fully saturated rings. The van der Waals surface area contributed by atoms with Crippen LogP contribution in [0.15, 0.2) is 72.9 Å². The number of anilines is 1. The highest BCUT2D eigenvalue weighted by Crippen LogP contribution is 2.08. The summed E-state index contributed by atoms with van der Waals surface area (Å²) >= 11 is 0. The average molecular weight is 277 g/mol. The van der Waals surface area contributed by atoms with Crippen molar-refractivity contribution in [1.82, 2.24) is 9.78 Å². The Morgan fingerprint density at radius 2 is 1.62 bits per heavy atom. The predicted molar refractivity (Wildman–Crippen MR) is 82.2 cm³/mol. The predicted octanol–water partition coefficient (Wildman–Crippen LogP) is 3.18. The summed E-state index contributed by atoms with van der Waals surface area (Å²) in [5, 5.41) is 7.13. The third kappa shape index (κ3) is 3.36. The van der Waals surface area contributed by atoms with Gasteiger partial charge in [-0.15, -0.1) is 0 Å². The fraction of sp³-hybridized carbons (Fsp3) is 0.0588. The molecule has 1 aromatic heterocycles. The minimum atomic E-state index is -0.201. The van der Waals surface area contributed by atoms with E-state index >= 15 is 0 Å². The Kier molecular flexibility index (Phi) is 3.78. The molecule has 0 bridgehead atoms. The molecule has 104 valence electrons. The molecule has 0 radical (unpaired) electrons. The standard InChI is InChI=1S/C17H15N3O/c21-17(18-15-9-5-2-6-10-15)16-11-12-20(19-16)13-14-7-3-1-4-8-14/h1-12H,13H2,(H,18,21). The summed E-state index contributed by atoms with van der Waals surface area (Å²) in [5.74, 6) is -0.201. The van der Waals surface area contributed by atoms with Crippen molar-refractivity contribution in [2.75, 3.05) is 5.32 Å². The lowest BCUT2D eigenvalue weighted by Crippen LogP contribution is -2.13. The van der Waals surface area contributed by atoms with Crippen LogP contribution in [0.3, 0.4) is 0 Å². The van der Waals surface area contributed by atoms with Crippen LogP contribution in [0.1, 0.15) is 16.1 Å². The number of rotatable bonds is 4. The minimum Gasteiger partial charge on any atom is -0.321 e. The van der Waals surface area contributed by atoms with E-state index in [-0.39, 0.29) is 5.91 Å². The number of carbonyl (C=O) groups excluding carboxylic acids is 1. The summed E-state index contributed by atoms with van der Waals surface area (Å²) in [6, 6.07) is 21.1. The van der Waals surface area contributed by atoms with E-state index in [2.05, 4.69) is 10.4 Å². The van der Waals surface area contributed by atoms with Gasteiger partial charge in [0, 0.05) is 11.9 Å². The topological polar surface area (TPSA) is 46.9 Å². The Bertz CT molecular complexity index is 720. The smallest absolute Gasteiger partial charge is 0.276 e. The molecule has 0 aliphatic carbocycles. The Morgan fingerprint density at radius 1 is 0.952 bits per heavy atom. The Labute approximate surface area is 123 Å². The minimum absolute atomic E-state index is 0.201. The highest BCUT2D eigenvalue weighted by molar-refractivity contribution is 6.02. The van der Waals surface area contributed by atoms with Crippen LogP contribution < -0.4 is 5.32 Å². The first kappa shape index (κ1) is 13.1. The van der Waals surface area contributed by atoms with Crippen LogP contribution in [0.4, 0.5) is 5.69 Å². The maximum absolute atomic E-state index is 12.1. The first-order valence-electron chi connectivity index (χ1n) is 6.75. The molecule has 3 rings (SSSR count). The Morgan fingerprint density at radius 3 is 2.33 bits per heavy atom. The van der Waals surface area contributed by atoms with E-state index in [1.807, 2.05) is 66.9 Å². The van der Waals surface area contributed by atoms with E-state index in [4.69, 9.17) is 0 Å². The van der Waals surface area contributed by atoms with Crippen LogP contribution in [0.2, 0.25) is 0 Å². The summed E-state index contributed by atoms with van der Waals surface area (Å²) in [4.78, 5) is 12.1. The van der Waals surface area contributed by atoms with Gasteiger partial charge in [-0.25, -0.2) is 0 Å². The van der Waals surface area contributed by atoms with Crippen molar-refractivity contribution < 1.29 is 4.79 Å². The van der Waals surface area contributed by atoms with Gasteiger partial charge in [-0.1, -0.05) is 48.5 Å². The van der Waals surface area contributed by atoms with Gasteiger partial charge < -0.3 is 5.32 Å². The van der Waals surface area contributed by atoms with Crippen LogP contribution in [0.25, 0.3) is 0 Å². The van der Waals surface area contributed by atoms with Crippen molar-refractivity contribution in [3.63, 3.8) is 0 Å². The van der Waals surface area contributed by atoms with Gasteiger partial charge in [0.2, 0.25) is 0 Å². The van der Waals surface area contributed by atoms with Crippen molar-refractivity contribution in [2.45, 2.75) is 6.54 Å². The van der Waals surface area contributed by atoms with E-state index in [0.717, 1.165) is 11.3 Å². The van der Waals surface area contributed by atoms with Crippen LogP contribution in [-0.2, 0) is 6.54 Å². The average Bonchev–Trinajstić information content (AvgIpc) is 2.98. The molecule has 0 unspecified atom stereocenters. The van der Waals surface area contributed by atoms with Crippen LogP contribution in [0.5, 0.6) is 0 Å². The number of amides is 1. The molecule has 0 aliphatic heterocycles. The lowest BCUT2D eigenvalue weighted by Gasteiger charge is -2.03. The third-order valence-corrected chi connectivity index (χ3v) is 3.09. The van der Waals surface area contributed by atoms with E-state index in [0.29, 0.717) is 12.2 Å². The van der Waals surface area contributed by atoms with Crippen molar-refractivity contribution in [2.24, 2.45) is 0 Å². The third-order valence-electron chi connectivity index (χ3n) is 3.09. The van der Waals surface area contributed by atoms with Gasteiger partial charge >= 0.3 is 0 Å². The molecule has 1 heterocycles. The summed E-state index contributed by atoms with van der Waals surface area (Å²) in [6.45, 7) is 0.652. The molecule has 0 atom stereocenters. The van der Waals surface area contributed by atoms with Gasteiger partial charge in [0.1, 0.15) is 0 Å². The van der Waals surface area contributed by atoms with E-state index in [9.17, 15) is 4.79 Å². The van der Waals surface area contributed by atoms with E-state index in [1.54, 1.807) is 10.7 Å². The largest absolute Gasteiger partial charge is 0.321 e. The second-order valence-corrected chi connectivity index (χ2v) is 4.70. The normalized spacial score (nSPS) is 10.3. The number of nitrogens with zero attached hydrogens (tertiary/aromatic N) is 2. The van der Waals surface area contributed by atoms with Gasteiger partial charge in [-0.3, -0.25) is 9.48 Å². The van der Waals surface area contributed by atoms with Gasteiger partial charge in [0.05, 0.1) is 6.54 Å². The Hall–Kier alpha value is -2.88. The van der Waals surface area contributed by atoms with Crippen molar-refractivity contribution in [3.05, 3.63) is 84.2 Å². The lowest BCUT2D eigenvalue weighted by molar-refractivity contribution is 0.102. The van der Waals surface area contributed by atoms with Gasteiger partial charge in [0.25, 0.3) is 5.91 Å². The number of para-hydroxylation sites is 1.